The summed E-state index contributed by atoms with van der Waals surface area (Å²) in [4.78, 5) is 12.2. The predicted octanol–water partition coefficient (Wildman–Crippen LogP) is 2.78. The van der Waals surface area contributed by atoms with Crippen LogP contribution in [0.2, 0.25) is 0 Å². The van der Waals surface area contributed by atoms with E-state index in [0.29, 0.717) is 6.54 Å². The van der Waals surface area contributed by atoms with Gasteiger partial charge in [-0.2, -0.15) is 0 Å². The lowest BCUT2D eigenvalue weighted by Crippen LogP contribution is -2.47. The topological polar surface area (TPSA) is 64.3 Å². The highest BCUT2D eigenvalue weighted by Crippen LogP contribution is 2.32. The molecule has 0 saturated heterocycles. The molecule has 0 aromatic rings. The Morgan fingerprint density at radius 1 is 1.29 bits per heavy atom. The lowest BCUT2D eigenvalue weighted by atomic mass is 9.84. The molecule has 0 radical (unpaired) electrons. The van der Waals surface area contributed by atoms with Crippen LogP contribution in [0.25, 0.3) is 0 Å². The van der Waals surface area contributed by atoms with E-state index in [9.17, 15) is 4.79 Å². The molecular formula is C16H31ClN2O2. The van der Waals surface area contributed by atoms with Gasteiger partial charge in [0.05, 0.1) is 5.60 Å². The van der Waals surface area contributed by atoms with Crippen LogP contribution in [0.15, 0.2) is 0 Å². The van der Waals surface area contributed by atoms with Crippen molar-refractivity contribution in [1.82, 2.24) is 5.32 Å². The zero-order chi connectivity index (χ0) is 14.4. The van der Waals surface area contributed by atoms with Gasteiger partial charge >= 0.3 is 0 Å². The number of nitrogens with two attached hydrogens (primary N) is 1. The third kappa shape index (κ3) is 5.42. The molecule has 0 aliphatic heterocycles. The maximum absolute atomic E-state index is 12.2. The highest BCUT2D eigenvalue weighted by Gasteiger charge is 2.35. The fraction of sp³-hybridized carbons (Fsp3) is 0.938. The van der Waals surface area contributed by atoms with Gasteiger partial charge in [0.2, 0.25) is 5.91 Å². The van der Waals surface area contributed by atoms with Crippen LogP contribution in [-0.4, -0.2) is 30.7 Å². The molecular weight excluding hydrogens is 288 g/mol. The van der Waals surface area contributed by atoms with Gasteiger partial charge in [-0.15, -0.1) is 12.4 Å². The van der Waals surface area contributed by atoms with Crippen molar-refractivity contribution in [2.45, 2.75) is 76.4 Å². The Kier molecular flexibility index (Phi) is 7.99. The van der Waals surface area contributed by atoms with Crippen LogP contribution >= 0.6 is 12.4 Å². The van der Waals surface area contributed by atoms with Gasteiger partial charge < -0.3 is 15.8 Å². The lowest BCUT2D eigenvalue weighted by molar-refractivity contribution is -0.128. The number of ether oxygens (including phenoxy) is 1. The SMILES string of the molecule is CCCOC1(CNC(=O)C2CCC(N)C2)CCCCC1.Cl. The molecule has 0 heterocycles. The van der Waals surface area contributed by atoms with E-state index in [1.165, 1.54) is 19.3 Å². The first-order valence-electron chi connectivity index (χ1n) is 8.32. The average Bonchev–Trinajstić information content (AvgIpc) is 2.90. The second-order valence-electron chi connectivity index (χ2n) is 6.58. The zero-order valence-corrected chi connectivity index (χ0v) is 14.1. The average molecular weight is 319 g/mol. The van der Waals surface area contributed by atoms with Crippen LogP contribution in [0.4, 0.5) is 0 Å². The Hall–Kier alpha value is -0.320. The molecule has 0 bridgehead atoms. The minimum absolute atomic E-state index is 0. The van der Waals surface area contributed by atoms with Gasteiger partial charge in [0.15, 0.2) is 0 Å². The molecule has 21 heavy (non-hydrogen) atoms. The van der Waals surface area contributed by atoms with Gasteiger partial charge in [0, 0.05) is 25.1 Å². The number of hydrogen-bond donors (Lipinski definition) is 2. The van der Waals surface area contributed by atoms with Crippen LogP contribution in [0.3, 0.4) is 0 Å². The Morgan fingerprint density at radius 2 is 2.00 bits per heavy atom. The Labute approximate surface area is 135 Å². The number of carbonyl (C=O) groups is 1. The normalized spacial score (nSPS) is 27.9. The molecule has 2 saturated carbocycles. The van der Waals surface area contributed by atoms with Crippen molar-refractivity contribution in [2.75, 3.05) is 13.2 Å². The minimum Gasteiger partial charge on any atom is -0.373 e. The van der Waals surface area contributed by atoms with E-state index in [0.717, 1.165) is 45.1 Å². The summed E-state index contributed by atoms with van der Waals surface area (Å²) in [6, 6.07) is 0.214. The zero-order valence-electron chi connectivity index (χ0n) is 13.2. The van der Waals surface area contributed by atoms with E-state index in [-0.39, 0.29) is 35.9 Å². The molecule has 0 aromatic heterocycles. The molecule has 1 amide bonds. The molecule has 5 heteroatoms. The minimum atomic E-state index is -0.107. The van der Waals surface area contributed by atoms with Crippen LogP contribution in [0.5, 0.6) is 0 Å². The number of rotatable bonds is 6. The first kappa shape index (κ1) is 18.7. The highest BCUT2D eigenvalue weighted by atomic mass is 35.5. The molecule has 2 atom stereocenters. The van der Waals surface area contributed by atoms with Crippen LogP contribution in [-0.2, 0) is 9.53 Å². The van der Waals surface area contributed by atoms with E-state index < -0.39 is 0 Å². The number of hydrogen-bond acceptors (Lipinski definition) is 3. The summed E-state index contributed by atoms with van der Waals surface area (Å²) in [5.74, 6) is 0.305. The van der Waals surface area contributed by atoms with E-state index in [2.05, 4.69) is 12.2 Å². The van der Waals surface area contributed by atoms with Crippen LogP contribution in [0, 0.1) is 5.92 Å². The van der Waals surface area contributed by atoms with E-state index >= 15 is 0 Å². The van der Waals surface area contributed by atoms with Crippen molar-refractivity contribution >= 4 is 18.3 Å². The molecule has 0 aromatic carbocycles. The van der Waals surface area contributed by atoms with Gasteiger partial charge in [-0.3, -0.25) is 4.79 Å². The predicted molar refractivity (Wildman–Crippen MR) is 87.6 cm³/mol. The monoisotopic (exact) mass is 318 g/mol. The third-order valence-corrected chi connectivity index (χ3v) is 4.81. The molecule has 3 N–H and O–H groups in total. The molecule has 2 fully saturated rings. The summed E-state index contributed by atoms with van der Waals surface area (Å²) >= 11 is 0. The molecule has 4 nitrogen and oxygen atoms in total. The molecule has 0 spiro atoms. The second-order valence-corrected chi connectivity index (χ2v) is 6.58. The molecule has 2 rings (SSSR count). The quantitative estimate of drug-likeness (QED) is 0.791. The van der Waals surface area contributed by atoms with Gasteiger partial charge in [-0.05, 0) is 38.5 Å². The Balaban J connectivity index is 0.00000220. The standard InChI is InChI=1S/C16H30N2O2.ClH/c1-2-10-20-16(8-4-3-5-9-16)12-18-15(19)13-6-7-14(17)11-13;/h13-14H,2-12,17H2,1H3,(H,18,19);1H. The van der Waals surface area contributed by atoms with Crippen LogP contribution in [0.1, 0.15) is 64.7 Å². The number of nitrogens with one attached hydrogen (secondary N) is 1. The Morgan fingerprint density at radius 3 is 2.57 bits per heavy atom. The van der Waals surface area contributed by atoms with E-state index in [1.807, 2.05) is 0 Å². The van der Waals surface area contributed by atoms with Gasteiger partial charge in [0.25, 0.3) is 0 Å². The molecule has 2 aliphatic rings. The van der Waals surface area contributed by atoms with Gasteiger partial charge in [-0.1, -0.05) is 26.2 Å². The molecule has 124 valence electrons. The number of halogens is 1. The van der Waals surface area contributed by atoms with E-state index in [1.54, 1.807) is 0 Å². The maximum Gasteiger partial charge on any atom is 0.223 e. The fourth-order valence-corrected chi connectivity index (χ4v) is 3.53. The maximum atomic E-state index is 12.2. The Bertz CT molecular complexity index is 319. The van der Waals surface area contributed by atoms with Crippen molar-refractivity contribution in [2.24, 2.45) is 11.7 Å². The van der Waals surface area contributed by atoms with Crippen molar-refractivity contribution in [3.05, 3.63) is 0 Å². The van der Waals surface area contributed by atoms with E-state index in [4.69, 9.17) is 10.5 Å². The summed E-state index contributed by atoms with van der Waals surface area (Å²) in [5, 5.41) is 3.15. The molecule has 2 aliphatic carbocycles. The van der Waals surface area contributed by atoms with Crippen LogP contribution < -0.4 is 11.1 Å². The summed E-state index contributed by atoms with van der Waals surface area (Å²) in [6.45, 7) is 3.61. The van der Waals surface area contributed by atoms with Crippen molar-refractivity contribution < 1.29 is 9.53 Å². The smallest absolute Gasteiger partial charge is 0.223 e. The summed E-state index contributed by atoms with van der Waals surface area (Å²) < 4.78 is 6.11. The van der Waals surface area contributed by atoms with Crippen molar-refractivity contribution in [1.29, 1.82) is 0 Å². The second kappa shape index (κ2) is 8.96. The van der Waals surface area contributed by atoms with Crippen molar-refractivity contribution in [3.8, 4) is 0 Å². The van der Waals surface area contributed by atoms with Crippen molar-refractivity contribution in [3.63, 3.8) is 0 Å². The third-order valence-electron chi connectivity index (χ3n) is 4.81. The first-order valence-corrected chi connectivity index (χ1v) is 8.32. The largest absolute Gasteiger partial charge is 0.373 e. The van der Waals surface area contributed by atoms with Gasteiger partial charge in [0.1, 0.15) is 0 Å². The lowest BCUT2D eigenvalue weighted by Gasteiger charge is -2.37. The first-order chi connectivity index (χ1) is 9.65. The number of amides is 1. The highest BCUT2D eigenvalue weighted by molar-refractivity contribution is 5.85. The summed E-state index contributed by atoms with van der Waals surface area (Å²) in [7, 11) is 0. The number of carbonyl (C=O) groups excluding carboxylic acids is 1. The molecule has 2 unspecified atom stereocenters. The summed E-state index contributed by atoms with van der Waals surface area (Å²) in [6.07, 6.45) is 9.69. The van der Waals surface area contributed by atoms with Gasteiger partial charge in [-0.25, -0.2) is 0 Å². The fourth-order valence-electron chi connectivity index (χ4n) is 3.53. The summed E-state index contributed by atoms with van der Waals surface area (Å²) in [5.41, 5.74) is 5.78.